The molecule has 0 unspecified atom stereocenters. The van der Waals surface area contributed by atoms with Crippen molar-refractivity contribution >= 4 is 11.7 Å². The number of carboxylic acid groups (broad SMARTS) is 1. The first-order chi connectivity index (χ1) is 16.1. The van der Waals surface area contributed by atoms with Crippen LogP contribution in [0.5, 0.6) is 5.75 Å². The Kier molecular flexibility index (Phi) is 7.08. The molecule has 2 N–H and O–H groups in total. The van der Waals surface area contributed by atoms with Crippen molar-refractivity contribution in [2.24, 2.45) is 5.92 Å². The van der Waals surface area contributed by atoms with Crippen molar-refractivity contribution in [3.05, 3.63) is 47.8 Å². The first-order valence-corrected chi connectivity index (χ1v) is 11.5. The second kappa shape index (κ2) is 10.3. The number of nitrogens with zero attached hydrogens (tertiary/aromatic N) is 4. The normalized spacial score (nSPS) is 15.9. The molecule has 2 fully saturated rings. The van der Waals surface area contributed by atoms with E-state index in [2.05, 4.69) is 21.5 Å². The highest BCUT2D eigenvalue weighted by Crippen LogP contribution is 2.39. The van der Waals surface area contributed by atoms with Crippen molar-refractivity contribution in [2.45, 2.75) is 50.9 Å². The summed E-state index contributed by atoms with van der Waals surface area (Å²) in [5.74, 6) is 2.66. The Morgan fingerprint density at radius 2 is 2.00 bits per heavy atom. The zero-order chi connectivity index (χ0) is 23.2. The van der Waals surface area contributed by atoms with E-state index in [9.17, 15) is 4.79 Å². The molecule has 0 aliphatic heterocycles. The fourth-order valence-corrected chi connectivity index (χ4v) is 4.22. The molecule has 8 nitrogen and oxygen atoms in total. The van der Waals surface area contributed by atoms with E-state index in [1.54, 1.807) is 13.2 Å². The Morgan fingerprint density at radius 1 is 1.21 bits per heavy atom. The van der Waals surface area contributed by atoms with Gasteiger partial charge in [-0.05, 0) is 55.9 Å². The van der Waals surface area contributed by atoms with Gasteiger partial charge in [-0.25, -0.2) is 14.3 Å². The molecule has 2 aromatic heterocycles. The monoisotopic (exact) mass is 447 g/mol. The Bertz CT molecular complexity index is 1160. The predicted octanol–water partition coefficient (Wildman–Crippen LogP) is 4.99. The van der Waals surface area contributed by atoms with Crippen LogP contribution in [-0.2, 0) is 0 Å². The van der Waals surface area contributed by atoms with Gasteiger partial charge in [0.1, 0.15) is 0 Å². The molecule has 2 saturated carbocycles. The van der Waals surface area contributed by atoms with Gasteiger partial charge in [-0.1, -0.05) is 31.4 Å². The van der Waals surface area contributed by atoms with Crippen LogP contribution in [-0.4, -0.2) is 39.5 Å². The maximum absolute atomic E-state index is 10.1. The van der Waals surface area contributed by atoms with Crippen molar-refractivity contribution in [2.75, 3.05) is 13.7 Å². The first-order valence-electron chi connectivity index (χ1n) is 11.5. The predicted molar refractivity (Wildman–Crippen MR) is 124 cm³/mol. The van der Waals surface area contributed by atoms with Crippen LogP contribution >= 0.6 is 0 Å². The van der Waals surface area contributed by atoms with Crippen LogP contribution in [0.2, 0.25) is 0 Å². The molecule has 0 bridgehead atoms. The Balaban J connectivity index is 0.000000200. The van der Waals surface area contributed by atoms with E-state index in [4.69, 9.17) is 15.1 Å². The minimum absolute atomic E-state index is 0.475. The van der Waals surface area contributed by atoms with Crippen LogP contribution in [0.1, 0.15) is 62.3 Å². The second-order valence-corrected chi connectivity index (χ2v) is 8.65. The largest absolute Gasteiger partial charge is 0.493 e. The van der Waals surface area contributed by atoms with Gasteiger partial charge in [-0.3, -0.25) is 0 Å². The van der Waals surface area contributed by atoms with Gasteiger partial charge in [0, 0.05) is 18.0 Å². The minimum atomic E-state index is -0.893. The molecule has 0 saturated heterocycles. The van der Waals surface area contributed by atoms with Gasteiger partial charge in [0.05, 0.1) is 24.4 Å². The number of amides is 1. The van der Waals surface area contributed by atoms with Gasteiger partial charge >= 0.3 is 6.09 Å². The summed E-state index contributed by atoms with van der Waals surface area (Å²) >= 11 is 0. The SMILES string of the molecule is COc1ccc(-c2cccc(C#N)c2)n2nc(C3CC3)nc12.O=C(O)NCC1CCCCC1. The van der Waals surface area contributed by atoms with Gasteiger partial charge in [-0.15, -0.1) is 0 Å². The number of nitrogens with one attached hydrogen (secondary N) is 1. The van der Waals surface area contributed by atoms with E-state index in [0.29, 0.717) is 29.7 Å². The van der Waals surface area contributed by atoms with Gasteiger partial charge in [0.2, 0.25) is 0 Å². The average molecular weight is 448 g/mol. The van der Waals surface area contributed by atoms with Crippen LogP contribution in [0.4, 0.5) is 4.79 Å². The molecule has 33 heavy (non-hydrogen) atoms. The van der Waals surface area contributed by atoms with Crippen molar-refractivity contribution in [3.63, 3.8) is 0 Å². The zero-order valence-corrected chi connectivity index (χ0v) is 18.8. The number of fused-ring (bicyclic) bond motifs is 1. The van der Waals surface area contributed by atoms with Crippen LogP contribution in [0, 0.1) is 17.2 Å². The van der Waals surface area contributed by atoms with Crippen LogP contribution in [0.3, 0.4) is 0 Å². The number of rotatable bonds is 5. The van der Waals surface area contributed by atoms with Crippen molar-refractivity contribution < 1.29 is 14.6 Å². The highest BCUT2D eigenvalue weighted by atomic mass is 16.5. The summed E-state index contributed by atoms with van der Waals surface area (Å²) in [6, 6.07) is 13.5. The summed E-state index contributed by atoms with van der Waals surface area (Å²) in [5.41, 5.74) is 3.21. The topological polar surface area (TPSA) is 113 Å². The molecule has 0 spiro atoms. The fourth-order valence-electron chi connectivity index (χ4n) is 4.22. The standard InChI is InChI=1S/C17H14N4O.C8H15NO2/c1-22-15-8-7-14(13-4-2-3-11(9-13)10-18)21-17(15)19-16(20-21)12-5-6-12;10-8(11)9-6-7-4-2-1-3-5-7/h2-4,7-9,12H,5-6H2,1H3;7,9H,1-6H2,(H,10,11). The molecule has 5 rings (SSSR count). The summed E-state index contributed by atoms with van der Waals surface area (Å²) in [6.45, 7) is 0.648. The Labute approximate surface area is 193 Å². The lowest BCUT2D eigenvalue weighted by Crippen LogP contribution is -2.28. The van der Waals surface area contributed by atoms with Crippen molar-refractivity contribution in [1.29, 1.82) is 5.26 Å². The quantitative estimate of drug-likeness (QED) is 0.570. The summed E-state index contributed by atoms with van der Waals surface area (Å²) in [4.78, 5) is 14.8. The number of pyridine rings is 1. The van der Waals surface area contributed by atoms with Crippen LogP contribution < -0.4 is 10.1 Å². The van der Waals surface area contributed by atoms with E-state index < -0.39 is 6.09 Å². The second-order valence-electron chi connectivity index (χ2n) is 8.65. The van der Waals surface area contributed by atoms with E-state index in [-0.39, 0.29) is 0 Å². The number of aromatic nitrogens is 3. The molecule has 172 valence electrons. The maximum Gasteiger partial charge on any atom is 0.404 e. The highest BCUT2D eigenvalue weighted by molar-refractivity contribution is 5.68. The highest BCUT2D eigenvalue weighted by Gasteiger charge is 2.29. The summed E-state index contributed by atoms with van der Waals surface area (Å²) < 4.78 is 7.22. The van der Waals surface area contributed by atoms with Crippen molar-refractivity contribution in [3.8, 4) is 23.1 Å². The van der Waals surface area contributed by atoms with Crippen molar-refractivity contribution in [1.82, 2.24) is 19.9 Å². The number of nitriles is 1. The summed E-state index contributed by atoms with van der Waals surface area (Å²) in [6.07, 6.45) is 7.66. The zero-order valence-electron chi connectivity index (χ0n) is 18.8. The molecule has 1 amide bonds. The smallest absolute Gasteiger partial charge is 0.404 e. The van der Waals surface area contributed by atoms with Gasteiger partial charge in [0.25, 0.3) is 0 Å². The number of hydrogen-bond donors (Lipinski definition) is 2. The summed E-state index contributed by atoms with van der Waals surface area (Å²) in [5, 5.41) is 24.5. The number of methoxy groups -OCH3 is 1. The van der Waals surface area contributed by atoms with Crippen LogP contribution in [0.15, 0.2) is 36.4 Å². The average Bonchev–Trinajstić information content (AvgIpc) is 3.61. The Morgan fingerprint density at radius 3 is 2.67 bits per heavy atom. The maximum atomic E-state index is 10.1. The lowest BCUT2D eigenvalue weighted by Gasteiger charge is -2.20. The molecule has 2 heterocycles. The third-order valence-electron chi connectivity index (χ3n) is 6.18. The molecule has 2 aliphatic carbocycles. The van der Waals surface area contributed by atoms with E-state index in [1.165, 1.54) is 32.1 Å². The first kappa shape index (κ1) is 22.6. The molecule has 2 aliphatic rings. The third-order valence-corrected chi connectivity index (χ3v) is 6.18. The van der Waals surface area contributed by atoms with Crippen LogP contribution in [0.25, 0.3) is 16.9 Å². The number of carbonyl (C=O) groups is 1. The van der Waals surface area contributed by atoms with E-state index in [1.807, 2.05) is 34.8 Å². The molecule has 0 radical (unpaired) electrons. The van der Waals surface area contributed by atoms with Gasteiger partial charge < -0.3 is 15.2 Å². The Hall–Kier alpha value is -3.60. The third kappa shape index (κ3) is 5.61. The summed E-state index contributed by atoms with van der Waals surface area (Å²) in [7, 11) is 1.64. The molecule has 0 atom stereocenters. The molecular weight excluding hydrogens is 418 g/mol. The van der Waals surface area contributed by atoms with E-state index >= 15 is 0 Å². The lowest BCUT2D eigenvalue weighted by molar-refractivity contribution is 0.190. The van der Waals surface area contributed by atoms with E-state index in [0.717, 1.165) is 35.6 Å². The molecule has 3 aromatic rings. The number of hydrogen-bond acceptors (Lipinski definition) is 5. The number of benzene rings is 1. The number of ether oxygens (including phenoxy) is 1. The lowest BCUT2D eigenvalue weighted by atomic mass is 9.89. The molecular formula is C25H29N5O3. The molecule has 1 aromatic carbocycles. The minimum Gasteiger partial charge on any atom is -0.493 e. The molecule has 8 heteroatoms. The van der Waals surface area contributed by atoms with Gasteiger partial charge in [-0.2, -0.15) is 10.4 Å². The fraction of sp³-hybridized carbons (Fsp3) is 0.440. The van der Waals surface area contributed by atoms with Gasteiger partial charge in [0.15, 0.2) is 17.2 Å².